The average molecular weight is 337 g/mol. The van der Waals surface area contributed by atoms with Crippen LogP contribution in [0.15, 0.2) is 30.3 Å². The molecule has 3 aliphatic rings. The zero-order valence-electron chi connectivity index (χ0n) is 14.3. The number of hydrogen-bond acceptors (Lipinski definition) is 3. The first kappa shape index (κ1) is 17.3. The van der Waals surface area contributed by atoms with E-state index in [0.717, 1.165) is 18.4 Å². The van der Waals surface area contributed by atoms with Crippen LogP contribution in [0.1, 0.15) is 52.5 Å². The molecule has 1 aromatic rings. The summed E-state index contributed by atoms with van der Waals surface area (Å²) in [4.78, 5) is 0. The summed E-state index contributed by atoms with van der Waals surface area (Å²) in [6, 6.07) is 9.45. The summed E-state index contributed by atoms with van der Waals surface area (Å²) in [5, 5.41) is 21.7. The largest absolute Gasteiger partial charge is 0.481 e. The number of benzene rings is 1. The van der Waals surface area contributed by atoms with Gasteiger partial charge in [0.2, 0.25) is 0 Å². The van der Waals surface area contributed by atoms with Crippen molar-refractivity contribution in [1.29, 1.82) is 0 Å². The van der Waals surface area contributed by atoms with Crippen molar-refractivity contribution in [3.8, 4) is 0 Å². The molecular formula is C18H26BClO3. The predicted octanol–water partition coefficient (Wildman–Crippen LogP) is 3.51. The molecule has 3 nitrogen and oxygen atoms in total. The standard InChI is InChI=1S/C18H26BClO3/c1-15(2)14-10-11-16(3,21)18(15,12-14)23-19(22)17(4,20)13-8-6-5-7-9-13/h5-9,14,21-22H,10-12H2,1-4H3. The van der Waals surface area contributed by atoms with Crippen LogP contribution >= 0.6 is 11.6 Å². The lowest BCUT2D eigenvalue weighted by molar-refractivity contribution is -0.305. The molecule has 0 saturated heterocycles. The Morgan fingerprint density at radius 3 is 2.39 bits per heavy atom. The minimum absolute atomic E-state index is 0.181. The van der Waals surface area contributed by atoms with E-state index in [1.807, 2.05) is 37.3 Å². The lowest BCUT2D eigenvalue weighted by Crippen LogP contribution is -2.77. The van der Waals surface area contributed by atoms with Gasteiger partial charge in [-0.1, -0.05) is 44.2 Å². The summed E-state index contributed by atoms with van der Waals surface area (Å²) in [7, 11) is -1.20. The molecule has 0 heterocycles. The van der Waals surface area contributed by atoms with Gasteiger partial charge in [0.25, 0.3) is 0 Å². The molecule has 3 fully saturated rings. The first-order valence-corrected chi connectivity index (χ1v) is 8.75. The van der Waals surface area contributed by atoms with Gasteiger partial charge in [0, 0.05) is 0 Å². The van der Waals surface area contributed by atoms with E-state index in [1.165, 1.54) is 0 Å². The molecule has 0 amide bonds. The van der Waals surface area contributed by atoms with Gasteiger partial charge in [-0.3, -0.25) is 0 Å². The minimum Gasteiger partial charge on any atom is -0.426 e. The van der Waals surface area contributed by atoms with E-state index in [0.29, 0.717) is 12.3 Å². The van der Waals surface area contributed by atoms with Crippen molar-refractivity contribution in [2.24, 2.45) is 11.3 Å². The lowest BCUT2D eigenvalue weighted by Gasteiger charge is -2.71. The monoisotopic (exact) mass is 336 g/mol. The van der Waals surface area contributed by atoms with Gasteiger partial charge in [0.1, 0.15) is 4.77 Å². The van der Waals surface area contributed by atoms with Gasteiger partial charge in [0.05, 0.1) is 11.2 Å². The molecule has 0 aliphatic heterocycles. The van der Waals surface area contributed by atoms with Gasteiger partial charge in [-0.15, -0.1) is 11.6 Å². The topological polar surface area (TPSA) is 49.7 Å². The zero-order chi connectivity index (χ0) is 17.1. The van der Waals surface area contributed by atoms with Crippen molar-refractivity contribution in [3.05, 3.63) is 35.9 Å². The first-order valence-electron chi connectivity index (χ1n) is 8.37. The fraction of sp³-hybridized carbons (Fsp3) is 0.667. The Labute approximate surface area is 144 Å². The third kappa shape index (κ3) is 2.30. The summed E-state index contributed by atoms with van der Waals surface area (Å²) in [5.41, 5.74) is -1.10. The fourth-order valence-corrected chi connectivity index (χ4v) is 4.80. The van der Waals surface area contributed by atoms with Crippen molar-refractivity contribution in [2.75, 3.05) is 0 Å². The summed E-state index contributed by atoms with van der Waals surface area (Å²) >= 11 is 6.64. The second-order valence-electron chi connectivity index (χ2n) is 8.17. The smallest absolute Gasteiger partial charge is 0.426 e. The Morgan fingerprint density at radius 1 is 1.26 bits per heavy atom. The third-order valence-corrected chi connectivity index (χ3v) is 6.96. The average Bonchev–Trinajstić information content (AvgIpc) is 2.49. The van der Waals surface area contributed by atoms with Gasteiger partial charge in [-0.2, -0.15) is 0 Å². The Kier molecular flexibility index (Phi) is 3.93. The lowest BCUT2D eigenvalue weighted by atomic mass is 9.40. The molecule has 5 heteroatoms. The molecular weight excluding hydrogens is 310 g/mol. The van der Waals surface area contributed by atoms with Crippen molar-refractivity contribution in [3.63, 3.8) is 0 Å². The van der Waals surface area contributed by atoms with Crippen molar-refractivity contribution in [1.82, 2.24) is 0 Å². The molecule has 2 N–H and O–H groups in total. The zero-order valence-corrected chi connectivity index (χ0v) is 15.1. The molecule has 126 valence electrons. The Hall–Kier alpha value is -0.545. The number of fused-ring (bicyclic) bond motifs is 2. The van der Waals surface area contributed by atoms with Crippen LogP contribution in [0.2, 0.25) is 0 Å². The maximum absolute atomic E-state index is 11.0. The van der Waals surface area contributed by atoms with Crippen LogP contribution in [0.25, 0.3) is 0 Å². The van der Waals surface area contributed by atoms with E-state index in [1.54, 1.807) is 6.92 Å². The molecule has 4 rings (SSSR count). The predicted molar refractivity (Wildman–Crippen MR) is 93.2 cm³/mol. The van der Waals surface area contributed by atoms with E-state index < -0.39 is 23.1 Å². The van der Waals surface area contributed by atoms with Crippen LogP contribution in [-0.2, 0) is 9.43 Å². The van der Waals surface area contributed by atoms with Gasteiger partial charge >= 0.3 is 7.12 Å². The highest BCUT2D eigenvalue weighted by Gasteiger charge is 2.72. The molecule has 3 aliphatic carbocycles. The number of rotatable bonds is 4. The van der Waals surface area contributed by atoms with E-state index in [-0.39, 0.29) is 5.41 Å². The highest BCUT2D eigenvalue weighted by atomic mass is 35.5. The molecule has 23 heavy (non-hydrogen) atoms. The van der Waals surface area contributed by atoms with Gasteiger partial charge in [-0.05, 0) is 50.0 Å². The van der Waals surface area contributed by atoms with Gasteiger partial charge in [0.15, 0.2) is 0 Å². The second kappa shape index (κ2) is 5.22. The van der Waals surface area contributed by atoms with Crippen LogP contribution in [0.4, 0.5) is 0 Å². The molecule has 1 aromatic carbocycles. The fourth-order valence-electron chi connectivity index (χ4n) is 4.63. The third-order valence-electron chi connectivity index (χ3n) is 6.56. The molecule has 0 spiro atoms. The Balaban J connectivity index is 1.88. The van der Waals surface area contributed by atoms with E-state index in [2.05, 4.69) is 13.8 Å². The Morgan fingerprint density at radius 2 is 1.87 bits per heavy atom. The number of halogens is 1. The molecule has 4 atom stereocenters. The van der Waals surface area contributed by atoms with Crippen LogP contribution in [0.3, 0.4) is 0 Å². The number of hydrogen-bond donors (Lipinski definition) is 2. The quantitative estimate of drug-likeness (QED) is 0.653. The first-order chi connectivity index (χ1) is 10.5. The van der Waals surface area contributed by atoms with Crippen molar-refractivity contribution in [2.45, 2.75) is 62.9 Å². The van der Waals surface area contributed by atoms with Crippen LogP contribution in [0.5, 0.6) is 0 Å². The summed E-state index contributed by atoms with van der Waals surface area (Å²) < 4.78 is 5.10. The summed E-state index contributed by atoms with van der Waals surface area (Å²) in [6.45, 7) is 7.82. The maximum Gasteiger partial charge on any atom is 0.481 e. The SMILES string of the molecule is CC(Cl)(B(O)OC12CC(CCC1(C)O)C2(C)C)c1ccccc1. The van der Waals surface area contributed by atoms with Crippen LogP contribution in [-0.4, -0.2) is 28.5 Å². The summed E-state index contributed by atoms with van der Waals surface area (Å²) in [5.74, 6) is 0.522. The van der Waals surface area contributed by atoms with E-state index in [9.17, 15) is 10.1 Å². The summed E-state index contributed by atoms with van der Waals surface area (Å²) in [6.07, 6.45) is 2.46. The Bertz CT molecular complexity index is 577. The minimum atomic E-state index is -1.20. The maximum atomic E-state index is 11.0. The van der Waals surface area contributed by atoms with Gasteiger partial charge < -0.3 is 14.8 Å². The highest BCUT2D eigenvalue weighted by Crippen LogP contribution is 2.67. The van der Waals surface area contributed by atoms with E-state index in [4.69, 9.17) is 16.3 Å². The van der Waals surface area contributed by atoms with Crippen LogP contribution in [0, 0.1) is 11.3 Å². The normalized spacial score (nSPS) is 37.6. The molecule has 2 bridgehead atoms. The number of aliphatic hydroxyl groups is 1. The van der Waals surface area contributed by atoms with Gasteiger partial charge in [-0.25, -0.2) is 0 Å². The number of alkyl halides is 1. The molecule has 0 aromatic heterocycles. The van der Waals surface area contributed by atoms with Crippen molar-refractivity contribution >= 4 is 18.7 Å². The molecule has 0 radical (unpaired) electrons. The molecule has 3 saturated carbocycles. The molecule has 4 unspecified atom stereocenters. The van der Waals surface area contributed by atoms with E-state index >= 15 is 0 Å². The van der Waals surface area contributed by atoms with Crippen molar-refractivity contribution < 1.29 is 14.8 Å². The highest BCUT2D eigenvalue weighted by molar-refractivity contribution is 6.61. The second-order valence-corrected chi connectivity index (χ2v) is 8.96. The van der Waals surface area contributed by atoms with Crippen LogP contribution < -0.4 is 0 Å².